The standard InChI is InChI=1S/C22H36N4O5S2/c1-3-23-33(29,30)24-10-5-13-32(27,28)26-11-4-6-18-16-25-12-9-17-14-19(31-2)7-8-20(17)22(25)15-21(18)26/h7-8,14,18,21-24H,3-6,9-13,15-16H2,1-2H3/t18-,21+,22+/m1/s1. The van der Waals surface area contributed by atoms with Gasteiger partial charge in [0, 0.05) is 44.8 Å². The number of nitrogens with zero attached hydrogens (tertiary/aromatic N) is 2. The second-order valence-corrected chi connectivity index (χ2v) is 12.8. The third-order valence-electron chi connectivity index (χ3n) is 7.18. The monoisotopic (exact) mass is 500 g/mol. The van der Waals surface area contributed by atoms with Crippen molar-refractivity contribution in [3.05, 3.63) is 29.3 Å². The van der Waals surface area contributed by atoms with Crippen LogP contribution in [-0.2, 0) is 26.7 Å². The largest absolute Gasteiger partial charge is 0.497 e. The highest BCUT2D eigenvalue weighted by molar-refractivity contribution is 7.89. The van der Waals surface area contributed by atoms with Crippen LogP contribution >= 0.6 is 0 Å². The number of nitrogens with one attached hydrogen (secondary N) is 2. The molecule has 0 bridgehead atoms. The predicted molar refractivity (Wildman–Crippen MR) is 128 cm³/mol. The first-order valence-electron chi connectivity index (χ1n) is 11.9. The van der Waals surface area contributed by atoms with E-state index in [4.69, 9.17) is 4.74 Å². The van der Waals surface area contributed by atoms with Gasteiger partial charge in [-0.15, -0.1) is 0 Å². The highest BCUT2D eigenvalue weighted by Crippen LogP contribution is 2.44. The molecule has 0 aliphatic carbocycles. The summed E-state index contributed by atoms with van der Waals surface area (Å²) < 4.78 is 61.9. The van der Waals surface area contributed by atoms with Crippen LogP contribution < -0.4 is 14.2 Å². The van der Waals surface area contributed by atoms with Gasteiger partial charge < -0.3 is 4.74 Å². The molecule has 0 radical (unpaired) electrons. The molecule has 0 aromatic heterocycles. The average molecular weight is 501 g/mol. The Morgan fingerprint density at radius 2 is 1.97 bits per heavy atom. The van der Waals surface area contributed by atoms with E-state index in [-0.39, 0.29) is 30.8 Å². The maximum absolute atomic E-state index is 13.3. The van der Waals surface area contributed by atoms with Crippen molar-refractivity contribution in [1.82, 2.24) is 18.6 Å². The van der Waals surface area contributed by atoms with Gasteiger partial charge in [-0.25, -0.2) is 17.9 Å². The lowest BCUT2D eigenvalue weighted by Crippen LogP contribution is -2.57. The second-order valence-electron chi connectivity index (χ2n) is 9.21. The lowest BCUT2D eigenvalue weighted by atomic mass is 9.77. The molecule has 2 saturated heterocycles. The number of benzene rings is 1. The first-order chi connectivity index (χ1) is 15.7. The smallest absolute Gasteiger partial charge is 0.276 e. The average Bonchev–Trinajstić information content (AvgIpc) is 2.79. The van der Waals surface area contributed by atoms with E-state index in [0.29, 0.717) is 19.0 Å². The van der Waals surface area contributed by atoms with Gasteiger partial charge >= 0.3 is 0 Å². The van der Waals surface area contributed by atoms with Crippen molar-refractivity contribution in [3.8, 4) is 5.75 Å². The van der Waals surface area contributed by atoms with Gasteiger partial charge in [-0.2, -0.15) is 12.7 Å². The third-order valence-corrected chi connectivity index (χ3v) is 10.4. The van der Waals surface area contributed by atoms with E-state index in [0.717, 1.165) is 44.5 Å². The van der Waals surface area contributed by atoms with Crippen molar-refractivity contribution in [2.45, 2.75) is 51.1 Å². The van der Waals surface area contributed by atoms with Crippen LogP contribution in [0.25, 0.3) is 0 Å². The van der Waals surface area contributed by atoms with E-state index in [1.807, 2.05) is 6.07 Å². The highest BCUT2D eigenvalue weighted by Gasteiger charge is 2.45. The summed E-state index contributed by atoms with van der Waals surface area (Å²) in [5, 5.41) is 0. The van der Waals surface area contributed by atoms with Crippen molar-refractivity contribution < 1.29 is 21.6 Å². The summed E-state index contributed by atoms with van der Waals surface area (Å²) in [7, 11) is -5.35. The van der Waals surface area contributed by atoms with Crippen LogP contribution in [0.5, 0.6) is 5.75 Å². The van der Waals surface area contributed by atoms with Gasteiger partial charge in [0.05, 0.1) is 12.9 Å². The lowest BCUT2D eigenvalue weighted by molar-refractivity contribution is 0.0219. The number of piperidine rings is 2. The quantitative estimate of drug-likeness (QED) is 0.494. The van der Waals surface area contributed by atoms with Crippen LogP contribution in [0.3, 0.4) is 0 Å². The number of methoxy groups -OCH3 is 1. The van der Waals surface area contributed by atoms with Crippen LogP contribution in [0, 0.1) is 5.92 Å². The minimum atomic E-state index is -3.56. The SMILES string of the molecule is CCNS(=O)(=O)NCCCS(=O)(=O)N1CCC[C@@H]2CN3CCc4cc(OC)ccc4[C@@H]3C[C@@H]21. The Morgan fingerprint density at radius 3 is 2.73 bits per heavy atom. The number of fused-ring (bicyclic) bond motifs is 4. The Kier molecular flexibility index (Phi) is 7.66. The van der Waals surface area contributed by atoms with E-state index in [2.05, 4.69) is 26.5 Å². The van der Waals surface area contributed by atoms with E-state index in [9.17, 15) is 16.8 Å². The zero-order chi connectivity index (χ0) is 23.6. The number of hydrogen-bond donors (Lipinski definition) is 2. The topological polar surface area (TPSA) is 108 Å². The van der Waals surface area contributed by atoms with Gasteiger partial charge in [0.25, 0.3) is 10.2 Å². The molecule has 0 unspecified atom stereocenters. The highest BCUT2D eigenvalue weighted by atomic mass is 32.2. The fourth-order valence-electron chi connectivity index (χ4n) is 5.68. The van der Waals surface area contributed by atoms with E-state index >= 15 is 0 Å². The molecule has 0 spiro atoms. The van der Waals surface area contributed by atoms with Crippen LogP contribution in [0.15, 0.2) is 18.2 Å². The maximum Gasteiger partial charge on any atom is 0.276 e. The molecule has 0 saturated carbocycles. The Balaban J connectivity index is 1.45. The fraction of sp³-hybridized carbons (Fsp3) is 0.727. The molecule has 3 aliphatic rings. The van der Waals surface area contributed by atoms with Gasteiger partial charge in [-0.1, -0.05) is 13.0 Å². The van der Waals surface area contributed by atoms with E-state index in [1.165, 1.54) is 11.1 Å². The second kappa shape index (κ2) is 10.2. The van der Waals surface area contributed by atoms with Gasteiger partial charge in [0.1, 0.15) is 5.75 Å². The molecule has 9 nitrogen and oxygen atoms in total. The van der Waals surface area contributed by atoms with Crippen molar-refractivity contribution in [2.24, 2.45) is 5.92 Å². The molecule has 2 fully saturated rings. The van der Waals surface area contributed by atoms with Gasteiger partial charge in [0.15, 0.2) is 0 Å². The molecule has 3 aliphatic heterocycles. The van der Waals surface area contributed by atoms with Crippen molar-refractivity contribution in [2.75, 3.05) is 45.6 Å². The maximum atomic E-state index is 13.3. The summed E-state index contributed by atoms with van der Waals surface area (Å²) in [5.74, 6) is 1.16. The van der Waals surface area contributed by atoms with Crippen molar-refractivity contribution in [3.63, 3.8) is 0 Å². The number of ether oxygens (including phenoxy) is 1. The molecule has 186 valence electrons. The normalized spacial score (nSPS) is 26.3. The van der Waals surface area contributed by atoms with Crippen LogP contribution in [0.4, 0.5) is 0 Å². The first-order valence-corrected chi connectivity index (χ1v) is 15.0. The number of hydrogen-bond acceptors (Lipinski definition) is 6. The molecule has 2 N–H and O–H groups in total. The van der Waals surface area contributed by atoms with Crippen LogP contribution in [-0.4, -0.2) is 77.7 Å². The summed E-state index contributed by atoms with van der Waals surface area (Å²) in [6.07, 6.45) is 3.97. The molecular formula is C22H36N4O5S2. The zero-order valence-electron chi connectivity index (χ0n) is 19.5. The van der Waals surface area contributed by atoms with Crippen LogP contribution in [0.2, 0.25) is 0 Å². The fourth-order valence-corrected chi connectivity index (χ4v) is 8.40. The predicted octanol–water partition coefficient (Wildman–Crippen LogP) is 1.24. The van der Waals surface area contributed by atoms with E-state index in [1.54, 1.807) is 18.3 Å². The lowest BCUT2D eigenvalue weighted by Gasteiger charge is -2.51. The molecule has 33 heavy (non-hydrogen) atoms. The molecule has 1 aromatic rings. The van der Waals surface area contributed by atoms with E-state index < -0.39 is 20.2 Å². The molecule has 4 rings (SSSR count). The van der Waals surface area contributed by atoms with Gasteiger partial charge in [0.2, 0.25) is 10.0 Å². The summed E-state index contributed by atoms with van der Waals surface area (Å²) in [6, 6.07) is 6.48. The summed E-state index contributed by atoms with van der Waals surface area (Å²) in [6.45, 7) is 4.56. The Hall–Kier alpha value is -1.24. The summed E-state index contributed by atoms with van der Waals surface area (Å²) in [5.41, 5.74) is 2.59. The zero-order valence-corrected chi connectivity index (χ0v) is 21.1. The minimum Gasteiger partial charge on any atom is -0.497 e. The third kappa shape index (κ3) is 5.54. The molecule has 3 atom stereocenters. The summed E-state index contributed by atoms with van der Waals surface area (Å²) in [4.78, 5) is 2.53. The number of sulfonamides is 1. The van der Waals surface area contributed by atoms with Crippen molar-refractivity contribution >= 4 is 20.2 Å². The molecule has 3 heterocycles. The van der Waals surface area contributed by atoms with Crippen LogP contribution in [0.1, 0.15) is 49.8 Å². The Labute approximate surface area is 198 Å². The van der Waals surface area contributed by atoms with Crippen molar-refractivity contribution in [1.29, 1.82) is 0 Å². The molecular weight excluding hydrogens is 464 g/mol. The van der Waals surface area contributed by atoms with Gasteiger partial charge in [-0.05, 0) is 61.3 Å². The Morgan fingerprint density at radius 1 is 1.15 bits per heavy atom. The Bertz CT molecular complexity index is 1050. The minimum absolute atomic E-state index is 0.00324. The van der Waals surface area contributed by atoms with Gasteiger partial charge in [-0.3, -0.25) is 4.90 Å². The molecule has 11 heteroatoms. The summed E-state index contributed by atoms with van der Waals surface area (Å²) >= 11 is 0. The molecule has 0 amide bonds. The number of rotatable bonds is 9. The first kappa shape index (κ1) is 24.9. The molecule has 1 aromatic carbocycles.